The molecule has 1 saturated carbocycles. The molecule has 0 bridgehead atoms. The molecule has 1 spiro atoms. The first kappa shape index (κ1) is 9.16. The maximum atomic E-state index is 9.45. The lowest BCUT2D eigenvalue weighted by Crippen LogP contribution is -2.34. The van der Waals surface area contributed by atoms with Crippen molar-refractivity contribution in [1.29, 1.82) is 0 Å². The summed E-state index contributed by atoms with van der Waals surface area (Å²) in [5, 5.41) is 9.75. The molecule has 1 aliphatic heterocycles. The molecule has 1 aromatic carbocycles. The number of aromatic hydroxyl groups is 1. The van der Waals surface area contributed by atoms with Crippen molar-refractivity contribution in [2.45, 2.75) is 31.5 Å². The fourth-order valence-corrected chi connectivity index (χ4v) is 2.38. The first-order chi connectivity index (χ1) is 7.19. The van der Waals surface area contributed by atoms with Crippen molar-refractivity contribution in [2.75, 3.05) is 0 Å². The Morgan fingerprint density at radius 1 is 1.13 bits per heavy atom. The van der Waals surface area contributed by atoms with Crippen LogP contribution in [0.15, 0.2) is 12.1 Å². The van der Waals surface area contributed by atoms with E-state index in [1.165, 1.54) is 6.07 Å². The van der Waals surface area contributed by atoms with Crippen molar-refractivity contribution in [2.24, 2.45) is 0 Å². The van der Waals surface area contributed by atoms with Crippen molar-refractivity contribution in [1.82, 2.24) is 0 Å². The number of rotatable bonds is 0. The van der Waals surface area contributed by atoms with Gasteiger partial charge >= 0.3 is 0 Å². The van der Waals surface area contributed by atoms with E-state index in [0.29, 0.717) is 16.5 Å². The molecule has 3 nitrogen and oxygen atoms in total. The van der Waals surface area contributed by atoms with Crippen molar-refractivity contribution in [3.05, 3.63) is 17.2 Å². The molecule has 15 heavy (non-hydrogen) atoms. The van der Waals surface area contributed by atoms with Gasteiger partial charge in [-0.05, 0) is 12.8 Å². The summed E-state index contributed by atoms with van der Waals surface area (Å²) in [5.74, 6) is 0.784. The molecular weight excluding hydrogens is 216 g/mol. The molecular formula is C11H11ClO3. The third-order valence-corrected chi connectivity index (χ3v) is 3.27. The Labute approximate surface area is 92.6 Å². The van der Waals surface area contributed by atoms with Crippen LogP contribution in [0.1, 0.15) is 25.7 Å². The van der Waals surface area contributed by atoms with Crippen molar-refractivity contribution in [3.63, 3.8) is 0 Å². The molecule has 1 aromatic rings. The summed E-state index contributed by atoms with van der Waals surface area (Å²) in [6, 6.07) is 3.13. The molecule has 1 N–H and O–H groups in total. The highest BCUT2D eigenvalue weighted by atomic mass is 35.5. The number of hydrogen-bond donors (Lipinski definition) is 1. The van der Waals surface area contributed by atoms with Gasteiger partial charge in [0, 0.05) is 25.0 Å². The molecule has 1 heterocycles. The largest absolute Gasteiger partial charge is 0.506 e. The Hall–Kier alpha value is -1.09. The van der Waals surface area contributed by atoms with E-state index in [1.54, 1.807) is 6.07 Å². The van der Waals surface area contributed by atoms with Gasteiger partial charge < -0.3 is 14.6 Å². The van der Waals surface area contributed by atoms with Crippen LogP contribution in [0, 0.1) is 0 Å². The zero-order chi connectivity index (χ0) is 10.5. The minimum Gasteiger partial charge on any atom is -0.506 e. The predicted octanol–water partition coefficient (Wildman–Crippen LogP) is 3.09. The number of benzene rings is 1. The second-order valence-electron chi connectivity index (χ2n) is 4.07. The highest BCUT2D eigenvalue weighted by Crippen LogP contribution is 2.49. The fraction of sp³-hybridized carbons (Fsp3) is 0.455. The summed E-state index contributed by atoms with van der Waals surface area (Å²) >= 11 is 5.80. The molecule has 80 valence electrons. The van der Waals surface area contributed by atoms with E-state index in [4.69, 9.17) is 21.1 Å². The van der Waals surface area contributed by atoms with Crippen molar-refractivity contribution in [3.8, 4) is 17.2 Å². The molecule has 0 atom stereocenters. The van der Waals surface area contributed by atoms with E-state index < -0.39 is 5.79 Å². The van der Waals surface area contributed by atoms with Crippen LogP contribution in [0.4, 0.5) is 0 Å². The Morgan fingerprint density at radius 3 is 2.40 bits per heavy atom. The molecule has 3 rings (SSSR count). The van der Waals surface area contributed by atoms with Crippen LogP contribution in [0.5, 0.6) is 17.2 Å². The molecule has 2 aliphatic rings. The summed E-state index contributed by atoms with van der Waals surface area (Å²) in [6.07, 6.45) is 4.04. The van der Waals surface area contributed by atoms with Gasteiger partial charge in [0.05, 0.1) is 5.02 Å². The van der Waals surface area contributed by atoms with E-state index in [0.717, 1.165) is 25.7 Å². The van der Waals surface area contributed by atoms with Gasteiger partial charge in [-0.25, -0.2) is 0 Å². The Bertz CT molecular complexity index is 378. The first-order valence-electron chi connectivity index (χ1n) is 5.09. The number of halogens is 1. The van der Waals surface area contributed by atoms with Crippen LogP contribution in [0.3, 0.4) is 0 Å². The van der Waals surface area contributed by atoms with Gasteiger partial charge in [-0.3, -0.25) is 0 Å². The molecule has 0 unspecified atom stereocenters. The Kier molecular flexibility index (Phi) is 1.80. The third-order valence-electron chi connectivity index (χ3n) is 2.97. The zero-order valence-corrected chi connectivity index (χ0v) is 8.88. The normalized spacial score (nSPS) is 21.1. The average molecular weight is 227 g/mol. The lowest BCUT2D eigenvalue weighted by molar-refractivity contribution is -0.0716. The minimum atomic E-state index is -0.487. The molecule has 0 radical (unpaired) electrons. The Balaban J connectivity index is 1.99. The van der Waals surface area contributed by atoms with Gasteiger partial charge in [-0.2, -0.15) is 0 Å². The summed E-state index contributed by atoms with van der Waals surface area (Å²) in [6.45, 7) is 0. The number of hydrogen-bond acceptors (Lipinski definition) is 3. The zero-order valence-electron chi connectivity index (χ0n) is 8.12. The summed E-state index contributed by atoms with van der Waals surface area (Å²) in [5.41, 5.74) is 0. The fourth-order valence-electron chi connectivity index (χ4n) is 2.22. The van der Waals surface area contributed by atoms with E-state index in [2.05, 4.69) is 0 Å². The minimum absolute atomic E-state index is 0.0362. The number of ether oxygens (including phenoxy) is 2. The quantitative estimate of drug-likeness (QED) is 0.739. The van der Waals surface area contributed by atoms with Crippen molar-refractivity contribution < 1.29 is 14.6 Å². The van der Waals surface area contributed by atoms with E-state index in [-0.39, 0.29) is 5.75 Å². The monoisotopic (exact) mass is 226 g/mol. The average Bonchev–Trinajstić information content (AvgIpc) is 2.75. The lowest BCUT2D eigenvalue weighted by atomic mass is 10.2. The molecule has 4 heteroatoms. The van der Waals surface area contributed by atoms with Gasteiger partial charge in [0.25, 0.3) is 5.79 Å². The van der Waals surface area contributed by atoms with Gasteiger partial charge in [0.15, 0.2) is 11.5 Å². The van der Waals surface area contributed by atoms with Gasteiger partial charge in [-0.1, -0.05) is 11.6 Å². The second kappa shape index (κ2) is 2.95. The summed E-state index contributed by atoms with van der Waals surface area (Å²) < 4.78 is 11.5. The Morgan fingerprint density at radius 2 is 1.73 bits per heavy atom. The van der Waals surface area contributed by atoms with Crippen LogP contribution in [0.25, 0.3) is 0 Å². The van der Waals surface area contributed by atoms with Crippen LogP contribution in [-0.2, 0) is 0 Å². The van der Waals surface area contributed by atoms with Crippen LogP contribution >= 0.6 is 11.6 Å². The van der Waals surface area contributed by atoms with E-state index in [1.807, 2.05) is 0 Å². The summed E-state index contributed by atoms with van der Waals surface area (Å²) in [4.78, 5) is 0. The third kappa shape index (κ3) is 1.34. The molecule has 0 aromatic heterocycles. The topological polar surface area (TPSA) is 38.7 Å². The van der Waals surface area contributed by atoms with E-state index >= 15 is 0 Å². The van der Waals surface area contributed by atoms with Gasteiger partial charge in [0.2, 0.25) is 0 Å². The highest BCUT2D eigenvalue weighted by molar-refractivity contribution is 6.32. The molecule has 0 amide bonds. The lowest BCUT2D eigenvalue weighted by Gasteiger charge is -2.21. The number of fused-ring (bicyclic) bond motifs is 1. The van der Waals surface area contributed by atoms with Gasteiger partial charge in [0.1, 0.15) is 5.75 Å². The maximum absolute atomic E-state index is 9.45. The highest BCUT2D eigenvalue weighted by Gasteiger charge is 2.44. The predicted molar refractivity (Wildman–Crippen MR) is 55.6 cm³/mol. The standard InChI is InChI=1S/C11H11ClO3/c12-7-5-9-10(6-8(7)13)15-11(14-9)3-1-2-4-11/h5-6,13H,1-4H2. The van der Waals surface area contributed by atoms with Crippen molar-refractivity contribution >= 4 is 11.6 Å². The van der Waals surface area contributed by atoms with Crippen LogP contribution in [-0.4, -0.2) is 10.9 Å². The molecule has 1 aliphatic carbocycles. The van der Waals surface area contributed by atoms with Crippen LogP contribution in [0.2, 0.25) is 5.02 Å². The maximum Gasteiger partial charge on any atom is 0.251 e. The number of phenols is 1. The molecule has 1 fully saturated rings. The van der Waals surface area contributed by atoms with Crippen LogP contribution < -0.4 is 9.47 Å². The smallest absolute Gasteiger partial charge is 0.251 e. The van der Waals surface area contributed by atoms with Gasteiger partial charge in [-0.15, -0.1) is 0 Å². The SMILES string of the molecule is Oc1cc2c(cc1Cl)OC1(CCCC1)O2. The number of phenolic OH excluding ortho intramolecular Hbond substituents is 1. The summed E-state index contributed by atoms with van der Waals surface area (Å²) in [7, 11) is 0. The molecule has 0 saturated heterocycles. The second-order valence-corrected chi connectivity index (χ2v) is 4.48. The first-order valence-corrected chi connectivity index (χ1v) is 5.47. The van der Waals surface area contributed by atoms with E-state index in [9.17, 15) is 5.11 Å².